The third-order valence-corrected chi connectivity index (χ3v) is 3.81. The van der Waals surface area contributed by atoms with E-state index in [1.54, 1.807) is 0 Å². The summed E-state index contributed by atoms with van der Waals surface area (Å²) in [6, 6.07) is 0. The molecule has 0 aromatic rings. The van der Waals surface area contributed by atoms with Crippen molar-refractivity contribution in [2.24, 2.45) is 17.1 Å². The number of alkyl halides is 1. The number of hydrogen-bond donors (Lipinski definition) is 1. The van der Waals surface area contributed by atoms with Crippen LogP contribution in [0.3, 0.4) is 0 Å². The Hall–Kier alpha value is 0.250. The highest BCUT2D eigenvalue weighted by molar-refractivity contribution is 6.18. The second-order valence-electron chi connectivity index (χ2n) is 3.85. The van der Waals surface area contributed by atoms with E-state index in [4.69, 9.17) is 17.3 Å². The fourth-order valence-electron chi connectivity index (χ4n) is 2.04. The molecule has 0 aromatic carbocycles. The van der Waals surface area contributed by atoms with Crippen LogP contribution in [0.2, 0.25) is 0 Å². The molecule has 0 radical (unpaired) electrons. The predicted octanol–water partition coefficient (Wildman–Crippen LogP) is 2.38. The average molecular weight is 176 g/mol. The summed E-state index contributed by atoms with van der Waals surface area (Å²) in [5.74, 6) is 1.46. The van der Waals surface area contributed by atoms with Gasteiger partial charge in [-0.1, -0.05) is 26.2 Å². The van der Waals surface area contributed by atoms with Crippen LogP contribution in [-0.4, -0.2) is 12.4 Å². The fraction of sp³-hybridized carbons (Fsp3) is 1.00. The summed E-state index contributed by atoms with van der Waals surface area (Å²) < 4.78 is 0. The van der Waals surface area contributed by atoms with Crippen molar-refractivity contribution in [2.75, 3.05) is 12.4 Å². The Balaban J connectivity index is 2.61. The van der Waals surface area contributed by atoms with Crippen molar-refractivity contribution in [3.05, 3.63) is 0 Å². The molecule has 1 nitrogen and oxygen atoms in total. The van der Waals surface area contributed by atoms with Gasteiger partial charge in [-0.25, -0.2) is 0 Å². The lowest BCUT2D eigenvalue weighted by Gasteiger charge is -2.40. The first-order valence-corrected chi connectivity index (χ1v) is 5.04. The van der Waals surface area contributed by atoms with Crippen LogP contribution in [-0.2, 0) is 0 Å². The molecule has 1 aliphatic carbocycles. The van der Waals surface area contributed by atoms with E-state index in [9.17, 15) is 0 Å². The van der Waals surface area contributed by atoms with Gasteiger partial charge in [0.15, 0.2) is 0 Å². The Kier molecular flexibility index (Phi) is 3.20. The van der Waals surface area contributed by atoms with E-state index in [0.717, 1.165) is 18.3 Å². The van der Waals surface area contributed by atoms with Gasteiger partial charge in [0.05, 0.1) is 0 Å². The SMILES string of the molecule is CC1CCCCC1(CN)CCl. The van der Waals surface area contributed by atoms with E-state index in [2.05, 4.69) is 6.92 Å². The van der Waals surface area contributed by atoms with E-state index in [1.165, 1.54) is 25.7 Å². The Labute approximate surface area is 74.3 Å². The molecule has 2 N–H and O–H groups in total. The molecular formula is C9H18ClN. The van der Waals surface area contributed by atoms with E-state index in [-0.39, 0.29) is 5.41 Å². The summed E-state index contributed by atoms with van der Waals surface area (Å²) in [5, 5.41) is 0. The van der Waals surface area contributed by atoms with E-state index in [0.29, 0.717) is 0 Å². The maximum absolute atomic E-state index is 5.95. The second kappa shape index (κ2) is 3.77. The van der Waals surface area contributed by atoms with Crippen LogP contribution in [0.5, 0.6) is 0 Å². The van der Waals surface area contributed by atoms with Crippen LogP contribution in [0, 0.1) is 11.3 Å². The van der Waals surface area contributed by atoms with Gasteiger partial charge in [-0.3, -0.25) is 0 Å². The topological polar surface area (TPSA) is 26.0 Å². The highest BCUT2D eigenvalue weighted by Gasteiger charge is 2.35. The molecule has 0 aromatic heterocycles. The van der Waals surface area contributed by atoms with Gasteiger partial charge in [0.1, 0.15) is 0 Å². The Morgan fingerprint density at radius 3 is 2.64 bits per heavy atom. The first kappa shape index (κ1) is 9.34. The highest BCUT2D eigenvalue weighted by atomic mass is 35.5. The Morgan fingerprint density at radius 2 is 2.27 bits per heavy atom. The van der Waals surface area contributed by atoms with E-state index in [1.807, 2.05) is 0 Å². The maximum atomic E-state index is 5.95. The van der Waals surface area contributed by atoms with E-state index < -0.39 is 0 Å². The molecule has 0 saturated heterocycles. The number of halogens is 1. The lowest BCUT2D eigenvalue weighted by Crippen LogP contribution is -2.40. The predicted molar refractivity (Wildman–Crippen MR) is 49.8 cm³/mol. The molecule has 1 aliphatic rings. The molecule has 0 heterocycles. The minimum atomic E-state index is 0.264. The number of hydrogen-bond acceptors (Lipinski definition) is 1. The summed E-state index contributed by atoms with van der Waals surface area (Å²) in [7, 11) is 0. The first-order chi connectivity index (χ1) is 5.25. The van der Waals surface area contributed by atoms with Crippen LogP contribution < -0.4 is 5.73 Å². The van der Waals surface area contributed by atoms with Crippen molar-refractivity contribution in [2.45, 2.75) is 32.6 Å². The van der Waals surface area contributed by atoms with Crippen molar-refractivity contribution in [1.82, 2.24) is 0 Å². The van der Waals surface area contributed by atoms with Gasteiger partial charge in [-0.15, -0.1) is 11.6 Å². The zero-order chi connectivity index (χ0) is 8.32. The fourth-order valence-corrected chi connectivity index (χ4v) is 2.54. The lowest BCUT2D eigenvalue weighted by atomic mass is 9.68. The molecule has 2 heteroatoms. The van der Waals surface area contributed by atoms with Gasteiger partial charge in [0.2, 0.25) is 0 Å². The smallest absolute Gasteiger partial charge is 0.0294 e. The highest BCUT2D eigenvalue weighted by Crippen LogP contribution is 2.40. The lowest BCUT2D eigenvalue weighted by molar-refractivity contribution is 0.144. The van der Waals surface area contributed by atoms with Crippen LogP contribution >= 0.6 is 11.6 Å². The van der Waals surface area contributed by atoms with E-state index >= 15 is 0 Å². The van der Waals surface area contributed by atoms with Crippen molar-refractivity contribution in [3.63, 3.8) is 0 Å². The average Bonchev–Trinajstić information content (AvgIpc) is 2.06. The normalized spacial score (nSPS) is 39.0. The van der Waals surface area contributed by atoms with Crippen LogP contribution in [0.4, 0.5) is 0 Å². The third kappa shape index (κ3) is 1.70. The second-order valence-corrected chi connectivity index (χ2v) is 4.11. The summed E-state index contributed by atoms with van der Waals surface area (Å²) in [6.45, 7) is 3.05. The standard InChI is InChI=1S/C9H18ClN/c1-8-4-2-3-5-9(8,6-10)7-11/h8H,2-7,11H2,1H3. The van der Waals surface area contributed by atoms with Gasteiger partial charge in [0, 0.05) is 5.88 Å². The molecular weight excluding hydrogens is 158 g/mol. The maximum Gasteiger partial charge on any atom is 0.0294 e. The quantitative estimate of drug-likeness (QED) is 0.641. The molecule has 0 amide bonds. The van der Waals surface area contributed by atoms with Crippen LogP contribution in [0.25, 0.3) is 0 Å². The Morgan fingerprint density at radius 1 is 1.55 bits per heavy atom. The Bertz CT molecular complexity index is 121. The number of nitrogens with two attached hydrogens (primary N) is 1. The zero-order valence-electron chi connectivity index (χ0n) is 7.28. The molecule has 1 rings (SSSR count). The minimum Gasteiger partial charge on any atom is -0.330 e. The van der Waals surface area contributed by atoms with Gasteiger partial charge in [0.25, 0.3) is 0 Å². The molecule has 0 aliphatic heterocycles. The molecule has 0 bridgehead atoms. The molecule has 11 heavy (non-hydrogen) atoms. The molecule has 1 saturated carbocycles. The molecule has 2 atom stereocenters. The summed E-state index contributed by atoms with van der Waals surface area (Å²) in [4.78, 5) is 0. The van der Waals surface area contributed by atoms with Gasteiger partial charge in [-0.05, 0) is 24.3 Å². The zero-order valence-corrected chi connectivity index (χ0v) is 8.03. The molecule has 66 valence electrons. The first-order valence-electron chi connectivity index (χ1n) is 4.51. The van der Waals surface area contributed by atoms with Crippen LogP contribution in [0.15, 0.2) is 0 Å². The van der Waals surface area contributed by atoms with Crippen molar-refractivity contribution in [1.29, 1.82) is 0 Å². The summed E-state index contributed by atoms with van der Waals surface area (Å²) in [5.41, 5.74) is 6.02. The van der Waals surface area contributed by atoms with Crippen molar-refractivity contribution in [3.8, 4) is 0 Å². The molecule has 2 unspecified atom stereocenters. The third-order valence-electron chi connectivity index (χ3n) is 3.28. The van der Waals surface area contributed by atoms with Gasteiger partial charge < -0.3 is 5.73 Å². The minimum absolute atomic E-state index is 0.264. The van der Waals surface area contributed by atoms with Crippen LogP contribution in [0.1, 0.15) is 32.6 Å². The molecule has 1 fully saturated rings. The summed E-state index contributed by atoms with van der Waals surface area (Å²) >= 11 is 5.95. The van der Waals surface area contributed by atoms with Gasteiger partial charge >= 0.3 is 0 Å². The number of rotatable bonds is 2. The molecule has 0 spiro atoms. The van der Waals surface area contributed by atoms with Crippen molar-refractivity contribution >= 4 is 11.6 Å². The largest absolute Gasteiger partial charge is 0.330 e. The van der Waals surface area contributed by atoms with Crippen molar-refractivity contribution < 1.29 is 0 Å². The van der Waals surface area contributed by atoms with Gasteiger partial charge in [-0.2, -0.15) is 0 Å². The monoisotopic (exact) mass is 175 g/mol. The summed E-state index contributed by atoms with van der Waals surface area (Å²) in [6.07, 6.45) is 5.21.